The van der Waals surface area contributed by atoms with Crippen LogP contribution in [0.2, 0.25) is 0 Å². The molecule has 0 aliphatic carbocycles. The van der Waals surface area contributed by atoms with E-state index in [-0.39, 0.29) is 5.91 Å². The molecule has 0 fully saturated rings. The molecule has 0 aromatic carbocycles. The highest BCUT2D eigenvalue weighted by Gasteiger charge is 2.16. The van der Waals surface area contributed by atoms with Crippen LogP contribution in [0.3, 0.4) is 0 Å². The Morgan fingerprint density at radius 2 is 2.47 bits per heavy atom. The third-order valence-electron chi connectivity index (χ3n) is 1.79. The van der Waals surface area contributed by atoms with Crippen molar-refractivity contribution in [3.63, 3.8) is 0 Å². The summed E-state index contributed by atoms with van der Waals surface area (Å²) >= 11 is 1.07. The predicted octanol–water partition coefficient (Wildman–Crippen LogP) is 1.13. The summed E-state index contributed by atoms with van der Waals surface area (Å²) in [6.07, 6.45) is 1.65. The smallest absolute Gasteiger partial charge is 0.265 e. The van der Waals surface area contributed by atoms with Crippen molar-refractivity contribution in [3.05, 3.63) is 10.6 Å². The summed E-state index contributed by atoms with van der Waals surface area (Å²) in [5.41, 5.74) is 0.713. The van der Waals surface area contributed by atoms with Crippen LogP contribution in [-0.4, -0.2) is 21.5 Å². The third-order valence-corrected chi connectivity index (χ3v) is 2.56. The van der Waals surface area contributed by atoms with E-state index in [1.165, 1.54) is 0 Å². The van der Waals surface area contributed by atoms with Gasteiger partial charge in [0.25, 0.3) is 5.91 Å². The molecule has 1 N–H and O–H groups in total. The second-order valence-corrected chi connectivity index (χ2v) is 3.88. The Kier molecular flexibility index (Phi) is 4.18. The van der Waals surface area contributed by atoms with E-state index in [0.717, 1.165) is 24.4 Å². The number of aromatic nitrogens is 2. The molecule has 1 heterocycles. The molecule has 5 nitrogen and oxygen atoms in total. The second kappa shape index (κ2) is 5.41. The van der Waals surface area contributed by atoms with Crippen molar-refractivity contribution >= 4 is 17.4 Å². The van der Waals surface area contributed by atoms with E-state index in [1.54, 1.807) is 6.92 Å². The Bertz CT molecular complexity index is 382. The summed E-state index contributed by atoms with van der Waals surface area (Å²) in [6, 6.07) is 1.45. The summed E-state index contributed by atoms with van der Waals surface area (Å²) in [6.45, 7) is 3.64. The first kappa shape index (κ1) is 11.6. The number of amides is 1. The molecule has 80 valence electrons. The molecular weight excluding hydrogens is 212 g/mol. The zero-order valence-electron chi connectivity index (χ0n) is 8.65. The maximum atomic E-state index is 11.6. The number of nitriles is 1. The van der Waals surface area contributed by atoms with Crippen molar-refractivity contribution in [1.82, 2.24) is 14.9 Å². The lowest BCUT2D eigenvalue weighted by Gasteiger charge is -2.04. The van der Waals surface area contributed by atoms with Crippen LogP contribution in [-0.2, 0) is 6.42 Å². The van der Waals surface area contributed by atoms with E-state index in [2.05, 4.69) is 14.9 Å². The SMILES string of the molecule is CCCc1nnsc1C(=O)NC(C)C#N. The van der Waals surface area contributed by atoms with E-state index in [1.807, 2.05) is 13.0 Å². The van der Waals surface area contributed by atoms with Crippen molar-refractivity contribution < 1.29 is 4.79 Å². The monoisotopic (exact) mass is 224 g/mol. The van der Waals surface area contributed by atoms with Gasteiger partial charge in [0, 0.05) is 0 Å². The van der Waals surface area contributed by atoms with Crippen molar-refractivity contribution in [3.8, 4) is 6.07 Å². The number of aryl methyl sites for hydroxylation is 1. The number of hydrogen-bond donors (Lipinski definition) is 1. The van der Waals surface area contributed by atoms with E-state index in [0.29, 0.717) is 10.6 Å². The number of nitrogens with one attached hydrogen (secondary N) is 1. The van der Waals surface area contributed by atoms with Gasteiger partial charge in [-0.1, -0.05) is 17.8 Å². The zero-order valence-corrected chi connectivity index (χ0v) is 9.47. The van der Waals surface area contributed by atoms with Crippen molar-refractivity contribution in [2.45, 2.75) is 32.7 Å². The van der Waals surface area contributed by atoms with Gasteiger partial charge in [-0.05, 0) is 24.9 Å². The Morgan fingerprint density at radius 3 is 3.07 bits per heavy atom. The van der Waals surface area contributed by atoms with Crippen LogP contribution in [0.4, 0.5) is 0 Å². The largest absolute Gasteiger partial charge is 0.336 e. The van der Waals surface area contributed by atoms with Gasteiger partial charge in [-0.25, -0.2) is 0 Å². The summed E-state index contributed by atoms with van der Waals surface area (Å²) in [4.78, 5) is 12.2. The highest BCUT2D eigenvalue weighted by Crippen LogP contribution is 2.12. The molecule has 1 rings (SSSR count). The number of nitrogens with zero attached hydrogens (tertiary/aromatic N) is 3. The number of carbonyl (C=O) groups excluding carboxylic acids is 1. The van der Waals surface area contributed by atoms with Crippen LogP contribution in [0.25, 0.3) is 0 Å². The minimum atomic E-state index is -0.492. The van der Waals surface area contributed by atoms with Gasteiger partial charge in [-0.2, -0.15) is 5.26 Å². The summed E-state index contributed by atoms with van der Waals surface area (Å²) in [5.74, 6) is -0.262. The Balaban J connectivity index is 2.73. The average Bonchev–Trinajstić information content (AvgIpc) is 2.66. The topological polar surface area (TPSA) is 78.7 Å². The molecule has 6 heteroatoms. The van der Waals surface area contributed by atoms with Crippen molar-refractivity contribution in [1.29, 1.82) is 5.26 Å². The van der Waals surface area contributed by atoms with Crippen LogP contribution in [0.15, 0.2) is 0 Å². The number of hydrogen-bond acceptors (Lipinski definition) is 5. The fourth-order valence-electron chi connectivity index (χ4n) is 1.08. The van der Waals surface area contributed by atoms with E-state index in [4.69, 9.17) is 5.26 Å². The number of carbonyl (C=O) groups is 1. The highest BCUT2D eigenvalue weighted by molar-refractivity contribution is 7.08. The quantitative estimate of drug-likeness (QED) is 0.831. The van der Waals surface area contributed by atoms with Crippen LogP contribution >= 0.6 is 11.5 Å². The van der Waals surface area contributed by atoms with Gasteiger partial charge in [0.15, 0.2) is 0 Å². The molecular formula is C9H12N4OS. The average molecular weight is 224 g/mol. The molecule has 1 aromatic heterocycles. The maximum Gasteiger partial charge on any atom is 0.265 e. The maximum absolute atomic E-state index is 11.6. The van der Waals surface area contributed by atoms with Gasteiger partial charge in [-0.3, -0.25) is 4.79 Å². The molecule has 1 atom stereocenters. The Labute approximate surface area is 92.3 Å². The van der Waals surface area contributed by atoms with Crippen LogP contribution in [0.1, 0.15) is 35.6 Å². The summed E-state index contributed by atoms with van der Waals surface area (Å²) < 4.78 is 3.74. The van der Waals surface area contributed by atoms with Crippen molar-refractivity contribution in [2.75, 3.05) is 0 Å². The molecule has 1 aromatic rings. The lowest BCUT2D eigenvalue weighted by molar-refractivity contribution is 0.0951. The first-order valence-electron chi connectivity index (χ1n) is 4.70. The lowest BCUT2D eigenvalue weighted by Crippen LogP contribution is -2.31. The van der Waals surface area contributed by atoms with Gasteiger partial charge in [0.05, 0.1) is 11.8 Å². The van der Waals surface area contributed by atoms with E-state index in [9.17, 15) is 4.79 Å². The fraction of sp³-hybridized carbons (Fsp3) is 0.556. The molecule has 0 aliphatic rings. The number of rotatable bonds is 4. The molecule has 0 radical (unpaired) electrons. The fourth-order valence-corrected chi connectivity index (χ4v) is 1.69. The third kappa shape index (κ3) is 2.99. The molecule has 0 aliphatic heterocycles. The predicted molar refractivity (Wildman–Crippen MR) is 56.4 cm³/mol. The van der Waals surface area contributed by atoms with E-state index >= 15 is 0 Å². The zero-order chi connectivity index (χ0) is 11.3. The second-order valence-electron chi connectivity index (χ2n) is 3.12. The molecule has 0 spiro atoms. The molecule has 1 unspecified atom stereocenters. The lowest BCUT2D eigenvalue weighted by atomic mass is 10.2. The first-order valence-corrected chi connectivity index (χ1v) is 5.48. The molecule has 15 heavy (non-hydrogen) atoms. The molecule has 1 amide bonds. The Hall–Kier alpha value is -1.48. The summed E-state index contributed by atoms with van der Waals surface area (Å²) in [7, 11) is 0. The van der Waals surface area contributed by atoms with Gasteiger partial charge >= 0.3 is 0 Å². The minimum Gasteiger partial charge on any atom is -0.336 e. The molecule has 0 saturated carbocycles. The normalized spacial score (nSPS) is 11.8. The molecule has 0 saturated heterocycles. The van der Waals surface area contributed by atoms with Crippen LogP contribution in [0, 0.1) is 11.3 Å². The standard InChI is InChI=1S/C9H12N4OS/c1-3-4-7-8(15-13-12-7)9(14)11-6(2)5-10/h6H,3-4H2,1-2H3,(H,11,14). The highest BCUT2D eigenvalue weighted by atomic mass is 32.1. The van der Waals surface area contributed by atoms with Gasteiger partial charge < -0.3 is 5.32 Å². The minimum absolute atomic E-state index is 0.262. The van der Waals surface area contributed by atoms with Crippen LogP contribution in [0.5, 0.6) is 0 Å². The van der Waals surface area contributed by atoms with Crippen molar-refractivity contribution in [2.24, 2.45) is 0 Å². The Morgan fingerprint density at radius 1 is 1.73 bits per heavy atom. The molecule has 0 bridgehead atoms. The first-order chi connectivity index (χ1) is 7.19. The van der Waals surface area contributed by atoms with Gasteiger partial charge in [0.1, 0.15) is 10.9 Å². The van der Waals surface area contributed by atoms with Gasteiger partial charge in [0.2, 0.25) is 0 Å². The van der Waals surface area contributed by atoms with Gasteiger partial charge in [-0.15, -0.1) is 5.10 Å². The van der Waals surface area contributed by atoms with Crippen LogP contribution < -0.4 is 5.32 Å². The van der Waals surface area contributed by atoms with E-state index < -0.39 is 6.04 Å². The summed E-state index contributed by atoms with van der Waals surface area (Å²) in [5, 5.41) is 15.0.